The molecule has 0 bridgehead atoms. The van der Waals surface area contributed by atoms with Crippen molar-refractivity contribution in [2.45, 2.75) is 25.4 Å². The molecular formula is C27H23N3O3S. The number of ether oxygens (including phenoxy) is 1. The van der Waals surface area contributed by atoms with Crippen molar-refractivity contribution < 1.29 is 14.3 Å². The van der Waals surface area contributed by atoms with Crippen molar-refractivity contribution in [1.82, 2.24) is 4.98 Å². The van der Waals surface area contributed by atoms with E-state index >= 15 is 0 Å². The fraction of sp³-hybridized carbons (Fsp3) is 0.148. The molecule has 0 spiro atoms. The lowest BCUT2D eigenvalue weighted by Gasteiger charge is -2.23. The maximum atomic E-state index is 13.0. The van der Waals surface area contributed by atoms with Gasteiger partial charge >= 0.3 is 0 Å². The molecule has 1 unspecified atom stereocenters. The number of amides is 2. The Kier molecular flexibility index (Phi) is 6.10. The smallest absolute Gasteiger partial charge is 0.265 e. The van der Waals surface area contributed by atoms with Crippen LogP contribution in [-0.2, 0) is 9.59 Å². The zero-order valence-corrected chi connectivity index (χ0v) is 19.3. The summed E-state index contributed by atoms with van der Waals surface area (Å²) >= 11 is 1.37. The van der Waals surface area contributed by atoms with Crippen LogP contribution in [0.3, 0.4) is 0 Å². The Labute approximate surface area is 201 Å². The second-order valence-corrected chi connectivity index (χ2v) is 8.98. The normalized spacial score (nSPS) is 14.8. The van der Waals surface area contributed by atoms with E-state index in [0.717, 1.165) is 22.4 Å². The van der Waals surface area contributed by atoms with Crippen LogP contribution in [0.25, 0.3) is 11.3 Å². The molecule has 1 aliphatic rings. The van der Waals surface area contributed by atoms with Gasteiger partial charge in [0, 0.05) is 23.3 Å². The molecule has 0 saturated heterocycles. The molecule has 170 valence electrons. The Morgan fingerprint density at radius 3 is 2.41 bits per heavy atom. The van der Waals surface area contributed by atoms with Gasteiger partial charge in [-0.1, -0.05) is 60.7 Å². The second kappa shape index (κ2) is 9.49. The van der Waals surface area contributed by atoms with Crippen LogP contribution >= 0.6 is 11.3 Å². The van der Waals surface area contributed by atoms with E-state index in [-0.39, 0.29) is 17.7 Å². The van der Waals surface area contributed by atoms with Crippen molar-refractivity contribution in [1.29, 1.82) is 0 Å². The van der Waals surface area contributed by atoms with Crippen molar-refractivity contribution in [3.8, 4) is 17.0 Å². The van der Waals surface area contributed by atoms with Gasteiger partial charge in [-0.25, -0.2) is 4.98 Å². The standard InChI is InChI=1S/C27H23N3O3S/c1-17-26(32)28-22-14-20(12-13-24(22)33-17)23-16-34-27(29-23)30-25(31)15-21(18-8-4-2-5-9-18)19-10-6-3-7-11-19/h2-14,16-17,21H,15H2,1H3,(H,28,32)(H,29,30,31). The van der Waals surface area contributed by atoms with E-state index < -0.39 is 6.10 Å². The van der Waals surface area contributed by atoms with Crippen LogP contribution in [0.15, 0.2) is 84.2 Å². The molecule has 3 aromatic carbocycles. The summed E-state index contributed by atoms with van der Waals surface area (Å²) in [5.74, 6) is 0.307. The molecule has 0 aliphatic carbocycles. The summed E-state index contributed by atoms with van der Waals surface area (Å²) in [6, 6.07) is 25.6. The first-order chi connectivity index (χ1) is 16.6. The zero-order chi connectivity index (χ0) is 23.5. The van der Waals surface area contributed by atoms with Gasteiger partial charge in [0.2, 0.25) is 5.91 Å². The lowest BCUT2D eigenvalue weighted by atomic mass is 9.88. The minimum atomic E-state index is -0.518. The molecule has 6 nitrogen and oxygen atoms in total. The van der Waals surface area contributed by atoms with E-state index in [4.69, 9.17) is 4.74 Å². The number of benzene rings is 3. The van der Waals surface area contributed by atoms with Crippen LogP contribution in [0.2, 0.25) is 0 Å². The number of nitrogens with one attached hydrogen (secondary N) is 2. The minimum Gasteiger partial charge on any atom is -0.479 e. The van der Waals surface area contributed by atoms with Gasteiger partial charge in [0.15, 0.2) is 11.2 Å². The SMILES string of the molecule is CC1Oc2ccc(-c3csc(NC(=O)CC(c4ccccc4)c4ccccc4)n3)cc2NC1=O. The van der Waals surface area contributed by atoms with Crippen LogP contribution in [0.1, 0.15) is 30.4 Å². The first-order valence-corrected chi connectivity index (χ1v) is 11.9. The maximum Gasteiger partial charge on any atom is 0.265 e. The molecule has 1 aromatic heterocycles. The van der Waals surface area contributed by atoms with Gasteiger partial charge < -0.3 is 15.4 Å². The van der Waals surface area contributed by atoms with Gasteiger partial charge in [-0.15, -0.1) is 11.3 Å². The Morgan fingerprint density at radius 2 is 1.74 bits per heavy atom. The molecule has 0 fully saturated rings. The number of nitrogens with zero attached hydrogens (tertiary/aromatic N) is 1. The van der Waals surface area contributed by atoms with Crippen LogP contribution in [-0.4, -0.2) is 22.9 Å². The zero-order valence-electron chi connectivity index (χ0n) is 18.5. The number of hydrogen-bond acceptors (Lipinski definition) is 5. The largest absolute Gasteiger partial charge is 0.479 e. The molecule has 0 radical (unpaired) electrons. The molecule has 5 rings (SSSR count). The number of hydrogen-bond donors (Lipinski definition) is 2. The lowest BCUT2D eigenvalue weighted by molar-refractivity contribution is -0.122. The van der Waals surface area contributed by atoms with Gasteiger partial charge in [-0.05, 0) is 36.2 Å². The number of carbonyl (C=O) groups excluding carboxylic acids is 2. The lowest BCUT2D eigenvalue weighted by Crippen LogP contribution is -2.34. The summed E-state index contributed by atoms with van der Waals surface area (Å²) in [7, 11) is 0. The van der Waals surface area contributed by atoms with Crippen molar-refractivity contribution in [3.63, 3.8) is 0 Å². The Morgan fingerprint density at radius 1 is 1.06 bits per heavy atom. The molecule has 34 heavy (non-hydrogen) atoms. The van der Waals surface area contributed by atoms with E-state index in [0.29, 0.717) is 23.0 Å². The summed E-state index contributed by atoms with van der Waals surface area (Å²) in [6.45, 7) is 1.71. The number of thiazole rings is 1. The van der Waals surface area contributed by atoms with Gasteiger partial charge in [0.25, 0.3) is 5.91 Å². The molecule has 1 atom stereocenters. The summed E-state index contributed by atoms with van der Waals surface area (Å²) in [6.07, 6.45) is -0.210. The number of aromatic nitrogens is 1. The predicted molar refractivity (Wildman–Crippen MR) is 134 cm³/mol. The number of anilines is 2. The summed E-state index contributed by atoms with van der Waals surface area (Å²) in [5.41, 5.74) is 4.36. The monoisotopic (exact) mass is 469 g/mol. The van der Waals surface area contributed by atoms with E-state index in [1.807, 2.05) is 84.2 Å². The fourth-order valence-electron chi connectivity index (χ4n) is 3.99. The molecule has 2 heterocycles. The third-order valence-corrected chi connectivity index (χ3v) is 6.51. The van der Waals surface area contributed by atoms with Crippen LogP contribution in [0.4, 0.5) is 10.8 Å². The Bertz CT molecular complexity index is 1280. The Balaban J connectivity index is 1.31. The molecule has 2 N–H and O–H groups in total. The summed E-state index contributed by atoms with van der Waals surface area (Å²) in [5, 5.41) is 8.22. The van der Waals surface area contributed by atoms with Gasteiger partial charge in [0.05, 0.1) is 11.4 Å². The number of fused-ring (bicyclic) bond motifs is 1. The van der Waals surface area contributed by atoms with E-state index in [1.54, 1.807) is 6.92 Å². The Hall–Kier alpha value is -3.97. The molecule has 0 saturated carbocycles. The quantitative estimate of drug-likeness (QED) is 0.380. The van der Waals surface area contributed by atoms with Crippen molar-refractivity contribution >= 4 is 34.0 Å². The average Bonchev–Trinajstić information content (AvgIpc) is 3.32. The second-order valence-electron chi connectivity index (χ2n) is 8.12. The number of rotatable bonds is 6. The average molecular weight is 470 g/mol. The van der Waals surface area contributed by atoms with Gasteiger partial charge in [-0.3, -0.25) is 9.59 Å². The van der Waals surface area contributed by atoms with Crippen LogP contribution in [0, 0.1) is 0 Å². The first-order valence-electron chi connectivity index (χ1n) is 11.0. The highest BCUT2D eigenvalue weighted by atomic mass is 32.1. The van der Waals surface area contributed by atoms with Crippen molar-refractivity contribution in [2.75, 3.05) is 10.6 Å². The molecule has 2 amide bonds. The maximum absolute atomic E-state index is 13.0. The summed E-state index contributed by atoms with van der Waals surface area (Å²) < 4.78 is 5.62. The summed E-state index contributed by atoms with van der Waals surface area (Å²) in [4.78, 5) is 29.5. The van der Waals surface area contributed by atoms with E-state index in [2.05, 4.69) is 15.6 Å². The van der Waals surface area contributed by atoms with Gasteiger partial charge in [-0.2, -0.15) is 0 Å². The molecule has 7 heteroatoms. The van der Waals surface area contributed by atoms with E-state index in [1.165, 1.54) is 11.3 Å². The highest BCUT2D eigenvalue weighted by Crippen LogP contribution is 2.35. The van der Waals surface area contributed by atoms with Crippen LogP contribution in [0.5, 0.6) is 5.75 Å². The van der Waals surface area contributed by atoms with Gasteiger partial charge in [0.1, 0.15) is 5.75 Å². The highest BCUT2D eigenvalue weighted by molar-refractivity contribution is 7.14. The van der Waals surface area contributed by atoms with Crippen molar-refractivity contribution in [3.05, 3.63) is 95.4 Å². The predicted octanol–water partition coefficient (Wildman–Crippen LogP) is 5.69. The first kappa shape index (κ1) is 21.9. The fourth-order valence-corrected chi connectivity index (χ4v) is 4.72. The van der Waals surface area contributed by atoms with Crippen molar-refractivity contribution in [2.24, 2.45) is 0 Å². The topological polar surface area (TPSA) is 80.3 Å². The number of carbonyl (C=O) groups is 2. The van der Waals surface area contributed by atoms with E-state index in [9.17, 15) is 9.59 Å². The van der Waals surface area contributed by atoms with Crippen LogP contribution < -0.4 is 15.4 Å². The minimum absolute atomic E-state index is 0.0477. The highest BCUT2D eigenvalue weighted by Gasteiger charge is 2.24. The third-order valence-electron chi connectivity index (χ3n) is 5.75. The molecular weight excluding hydrogens is 446 g/mol. The molecule has 4 aromatic rings. The molecule has 1 aliphatic heterocycles. The third kappa shape index (κ3) is 4.70.